The molecule has 4 aromatic carbocycles. The monoisotopic (exact) mass is 439 g/mol. The minimum atomic E-state index is -0.545. The number of benzene rings is 4. The maximum absolute atomic E-state index is 11.7. The zero-order valence-electron chi connectivity index (χ0n) is 18.5. The fraction of sp³-hybridized carbons (Fsp3) is 0.0741. The Hall–Kier alpha value is -4.45. The summed E-state index contributed by atoms with van der Waals surface area (Å²) in [6, 6.07) is 29.1. The van der Waals surface area contributed by atoms with Crippen molar-refractivity contribution in [2.45, 2.75) is 0 Å². The molecule has 0 atom stereocenters. The third-order valence-electron chi connectivity index (χ3n) is 5.44. The van der Waals surface area contributed by atoms with Gasteiger partial charge in [-0.25, -0.2) is 0 Å². The smallest absolute Gasteiger partial charge is 0.250 e. The molecule has 6 heteroatoms. The number of amides is 1. The fourth-order valence-electron chi connectivity index (χ4n) is 3.66. The second-order valence-corrected chi connectivity index (χ2v) is 7.44. The van der Waals surface area contributed by atoms with Crippen molar-refractivity contribution in [1.82, 2.24) is 0 Å². The van der Waals surface area contributed by atoms with E-state index in [9.17, 15) is 4.79 Å². The number of hydrogen-bond donors (Lipinski definition) is 2. The maximum atomic E-state index is 11.7. The average Bonchev–Trinajstić information content (AvgIpc) is 2.85. The molecule has 1 amide bonds. The molecule has 4 aromatic rings. The van der Waals surface area contributed by atoms with Gasteiger partial charge >= 0.3 is 0 Å². The number of nitrogen functional groups attached to an aromatic ring is 1. The predicted molar refractivity (Wildman–Crippen MR) is 133 cm³/mol. The first-order valence-electron chi connectivity index (χ1n) is 10.4. The number of primary amides is 1. The molecule has 0 spiro atoms. The van der Waals surface area contributed by atoms with E-state index in [0.717, 1.165) is 39.7 Å². The Bertz CT molecular complexity index is 1200. The number of nitrogens with two attached hydrogens (primary N) is 2. The van der Waals surface area contributed by atoms with Crippen LogP contribution >= 0.6 is 0 Å². The van der Waals surface area contributed by atoms with Crippen molar-refractivity contribution in [2.75, 3.05) is 24.9 Å². The van der Waals surface area contributed by atoms with Crippen molar-refractivity contribution in [1.29, 1.82) is 0 Å². The Morgan fingerprint density at radius 3 is 1.52 bits per heavy atom. The number of hydrogen-bond acceptors (Lipinski definition) is 5. The molecule has 0 heterocycles. The van der Waals surface area contributed by atoms with Crippen LogP contribution in [0.3, 0.4) is 0 Å². The molecule has 4 rings (SSSR count). The summed E-state index contributed by atoms with van der Waals surface area (Å²) in [6.07, 6.45) is 0. The average molecular weight is 440 g/mol. The first-order valence-corrected chi connectivity index (χ1v) is 10.4. The Morgan fingerprint density at radius 2 is 1.09 bits per heavy atom. The molecular formula is C27H25N3O3. The molecule has 0 aromatic heterocycles. The lowest BCUT2D eigenvalue weighted by atomic mass is 10.0. The third-order valence-corrected chi connectivity index (χ3v) is 5.44. The van der Waals surface area contributed by atoms with Crippen LogP contribution in [0.4, 0.5) is 22.7 Å². The molecule has 166 valence electrons. The summed E-state index contributed by atoms with van der Waals surface area (Å²) >= 11 is 0. The van der Waals surface area contributed by atoms with Crippen LogP contribution in [0.25, 0.3) is 11.1 Å². The molecule has 0 fully saturated rings. The summed E-state index contributed by atoms with van der Waals surface area (Å²) < 4.78 is 10.6. The van der Waals surface area contributed by atoms with Crippen LogP contribution in [-0.4, -0.2) is 20.1 Å². The number of ether oxygens (including phenoxy) is 2. The number of methoxy groups -OCH3 is 2. The lowest BCUT2D eigenvalue weighted by Crippen LogP contribution is -2.13. The Morgan fingerprint density at radius 1 is 0.667 bits per heavy atom. The van der Waals surface area contributed by atoms with Crippen LogP contribution in [0.5, 0.6) is 11.5 Å². The lowest BCUT2D eigenvalue weighted by Gasteiger charge is -2.26. The van der Waals surface area contributed by atoms with Crippen LogP contribution in [0.15, 0.2) is 91.0 Å². The number of anilines is 4. The Balaban J connectivity index is 1.74. The molecule has 33 heavy (non-hydrogen) atoms. The molecule has 0 aliphatic rings. The zero-order valence-corrected chi connectivity index (χ0v) is 18.5. The first kappa shape index (κ1) is 21.8. The van der Waals surface area contributed by atoms with Crippen molar-refractivity contribution in [3.8, 4) is 22.6 Å². The molecule has 0 unspecified atom stereocenters. The van der Waals surface area contributed by atoms with Crippen molar-refractivity contribution in [2.24, 2.45) is 5.73 Å². The predicted octanol–water partition coefficient (Wildman–Crippen LogP) is 5.52. The van der Waals surface area contributed by atoms with Gasteiger partial charge in [0.05, 0.1) is 19.8 Å². The maximum Gasteiger partial charge on any atom is 0.250 e. The van der Waals surface area contributed by atoms with Gasteiger partial charge in [0.25, 0.3) is 5.91 Å². The molecule has 0 bridgehead atoms. The van der Waals surface area contributed by atoms with E-state index in [4.69, 9.17) is 20.9 Å². The Labute approximate surface area is 193 Å². The van der Waals surface area contributed by atoms with E-state index in [1.807, 2.05) is 78.9 Å². The van der Waals surface area contributed by atoms with Crippen LogP contribution in [-0.2, 0) is 0 Å². The highest BCUT2D eigenvalue weighted by Crippen LogP contribution is 2.37. The Kier molecular flexibility index (Phi) is 6.17. The topological polar surface area (TPSA) is 90.8 Å². The summed E-state index contributed by atoms with van der Waals surface area (Å²) in [5.41, 5.74) is 16.8. The molecular weight excluding hydrogens is 414 g/mol. The SMILES string of the molecule is COc1ccc(N(c2ccc(OC)cc2)c2ccc(-c3ccc(N)c(C(N)=O)c3)cc2)cc1. The number of carbonyl (C=O) groups excluding carboxylic acids is 1. The van der Waals surface area contributed by atoms with Gasteiger partial charge in [-0.05, 0) is 83.9 Å². The number of carbonyl (C=O) groups is 1. The van der Waals surface area contributed by atoms with Gasteiger partial charge in [0, 0.05) is 22.7 Å². The quantitative estimate of drug-likeness (QED) is 0.370. The molecule has 0 aliphatic heterocycles. The van der Waals surface area contributed by atoms with E-state index in [1.54, 1.807) is 26.4 Å². The summed E-state index contributed by atoms with van der Waals surface area (Å²) in [7, 11) is 3.30. The first-order chi connectivity index (χ1) is 16.0. The summed E-state index contributed by atoms with van der Waals surface area (Å²) in [5, 5.41) is 0. The second kappa shape index (κ2) is 9.36. The van der Waals surface area contributed by atoms with Crippen molar-refractivity contribution in [3.63, 3.8) is 0 Å². The summed E-state index contributed by atoms with van der Waals surface area (Å²) in [5.74, 6) is 1.03. The minimum absolute atomic E-state index is 0.315. The second-order valence-electron chi connectivity index (χ2n) is 7.44. The highest BCUT2D eigenvalue weighted by molar-refractivity contribution is 5.99. The zero-order chi connectivity index (χ0) is 23.4. The van der Waals surface area contributed by atoms with E-state index in [0.29, 0.717) is 11.3 Å². The van der Waals surface area contributed by atoms with Crippen LogP contribution < -0.4 is 25.8 Å². The largest absolute Gasteiger partial charge is 0.497 e. The van der Waals surface area contributed by atoms with Crippen LogP contribution in [0.2, 0.25) is 0 Å². The normalized spacial score (nSPS) is 10.5. The van der Waals surface area contributed by atoms with Gasteiger partial charge in [-0.3, -0.25) is 4.79 Å². The van der Waals surface area contributed by atoms with E-state index < -0.39 is 5.91 Å². The summed E-state index contributed by atoms with van der Waals surface area (Å²) in [6.45, 7) is 0. The van der Waals surface area contributed by atoms with Gasteiger partial charge < -0.3 is 25.8 Å². The van der Waals surface area contributed by atoms with Gasteiger partial charge in [-0.1, -0.05) is 18.2 Å². The standard InChI is InChI=1S/C27H25N3O3/c1-32-23-12-8-21(9-13-23)30(22-10-14-24(33-2)15-11-22)20-6-3-18(4-7-20)19-5-16-26(28)25(17-19)27(29)31/h3-17H,28H2,1-2H3,(H2,29,31). The van der Waals surface area contributed by atoms with Crippen molar-refractivity contribution < 1.29 is 14.3 Å². The molecule has 0 saturated carbocycles. The number of nitrogens with zero attached hydrogens (tertiary/aromatic N) is 1. The lowest BCUT2D eigenvalue weighted by molar-refractivity contribution is 0.100. The molecule has 0 saturated heterocycles. The van der Waals surface area contributed by atoms with Crippen molar-refractivity contribution in [3.05, 3.63) is 96.6 Å². The molecule has 6 nitrogen and oxygen atoms in total. The van der Waals surface area contributed by atoms with Crippen molar-refractivity contribution >= 4 is 28.7 Å². The fourth-order valence-corrected chi connectivity index (χ4v) is 3.66. The van der Waals surface area contributed by atoms with Crippen LogP contribution in [0.1, 0.15) is 10.4 Å². The van der Waals surface area contributed by atoms with Gasteiger partial charge in [0.1, 0.15) is 11.5 Å². The summed E-state index contributed by atoms with van der Waals surface area (Å²) in [4.78, 5) is 13.8. The molecule has 0 radical (unpaired) electrons. The van der Waals surface area contributed by atoms with Crippen LogP contribution in [0, 0.1) is 0 Å². The highest BCUT2D eigenvalue weighted by Gasteiger charge is 2.14. The third kappa shape index (κ3) is 4.60. The molecule has 4 N–H and O–H groups in total. The van der Waals surface area contributed by atoms with E-state index in [-0.39, 0.29) is 0 Å². The minimum Gasteiger partial charge on any atom is -0.497 e. The highest BCUT2D eigenvalue weighted by atomic mass is 16.5. The van der Waals surface area contributed by atoms with Gasteiger partial charge in [0.2, 0.25) is 0 Å². The van der Waals surface area contributed by atoms with Gasteiger partial charge in [-0.2, -0.15) is 0 Å². The van der Waals surface area contributed by atoms with E-state index in [1.165, 1.54) is 0 Å². The number of rotatable bonds is 7. The van der Waals surface area contributed by atoms with Gasteiger partial charge in [-0.15, -0.1) is 0 Å². The van der Waals surface area contributed by atoms with E-state index in [2.05, 4.69) is 4.90 Å². The van der Waals surface area contributed by atoms with Gasteiger partial charge in [0.15, 0.2) is 0 Å². The van der Waals surface area contributed by atoms with E-state index >= 15 is 0 Å². The molecule has 0 aliphatic carbocycles.